The lowest BCUT2D eigenvalue weighted by Gasteiger charge is -2.38. The maximum atomic E-state index is 13.2. The fourth-order valence-electron chi connectivity index (χ4n) is 1.38. The van der Waals surface area contributed by atoms with Crippen LogP contribution in [0.5, 0.6) is 0 Å². The number of amides is 1. The number of hydrogen-bond donors (Lipinski definition) is 2. The number of halogens is 1. The summed E-state index contributed by atoms with van der Waals surface area (Å²) < 4.78 is 13.2. The lowest BCUT2D eigenvalue weighted by molar-refractivity contribution is -0.00293. The summed E-state index contributed by atoms with van der Waals surface area (Å²) in [5, 5.41) is 12.7. The van der Waals surface area contributed by atoms with E-state index < -0.39 is 22.9 Å². The molecule has 0 aliphatic carbocycles. The van der Waals surface area contributed by atoms with Crippen LogP contribution in [0, 0.1) is 12.7 Å². The van der Waals surface area contributed by atoms with Gasteiger partial charge in [0.15, 0.2) is 0 Å². The van der Waals surface area contributed by atoms with Gasteiger partial charge in [-0.3, -0.25) is 4.79 Å². The van der Waals surface area contributed by atoms with Gasteiger partial charge in [-0.15, -0.1) is 0 Å². The molecule has 1 aromatic carbocycles. The smallest absolute Gasteiger partial charge is 0.251 e. The molecule has 0 spiro atoms. The van der Waals surface area contributed by atoms with E-state index in [1.165, 1.54) is 12.1 Å². The van der Waals surface area contributed by atoms with Crippen molar-refractivity contribution in [3.05, 3.63) is 35.1 Å². The molecule has 0 unspecified atom stereocenters. The van der Waals surface area contributed by atoms with Crippen LogP contribution in [0.3, 0.4) is 0 Å². The Morgan fingerprint density at radius 3 is 2.22 bits per heavy atom. The molecule has 3 nitrogen and oxygen atoms in total. The number of aliphatic hydroxyl groups is 1. The van der Waals surface area contributed by atoms with Gasteiger partial charge in [0.1, 0.15) is 5.82 Å². The maximum Gasteiger partial charge on any atom is 0.251 e. The van der Waals surface area contributed by atoms with Gasteiger partial charge >= 0.3 is 0 Å². The molecule has 0 aromatic heterocycles. The van der Waals surface area contributed by atoms with Crippen LogP contribution >= 0.6 is 0 Å². The molecule has 0 saturated carbocycles. The molecule has 0 aliphatic heterocycles. The van der Waals surface area contributed by atoms with Crippen LogP contribution in [0.2, 0.25) is 0 Å². The van der Waals surface area contributed by atoms with Crippen LogP contribution in [-0.4, -0.2) is 22.2 Å². The normalized spacial score (nSPS) is 12.4. The van der Waals surface area contributed by atoms with Crippen molar-refractivity contribution in [2.24, 2.45) is 0 Å². The van der Waals surface area contributed by atoms with Crippen molar-refractivity contribution in [1.82, 2.24) is 5.32 Å². The first-order chi connectivity index (χ1) is 8.03. The Kier molecular flexibility index (Phi) is 3.81. The number of benzene rings is 1. The van der Waals surface area contributed by atoms with Gasteiger partial charge in [-0.25, -0.2) is 4.39 Å². The van der Waals surface area contributed by atoms with E-state index >= 15 is 0 Å². The van der Waals surface area contributed by atoms with Gasteiger partial charge < -0.3 is 10.4 Å². The summed E-state index contributed by atoms with van der Waals surface area (Å²) in [5.74, 6) is -0.842. The van der Waals surface area contributed by atoms with Crippen molar-refractivity contribution in [3.8, 4) is 0 Å². The van der Waals surface area contributed by atoms with Crippen LogP contribution in [0.1, 0.15) is 43.6 Å². The molecule has 0 radical (unpaired) electrons. The highest BCUT2D eigenvalue weighted by molar-refractivity contribution is 5.94. The molecule has 0 atom stereocenters. The van der Waals surface area contributed by atoms with E-state index in [0.29, 0.717) is 5.56 Å². The summed E-state index contributed by atoms with van der Waals surface area (Å²) in [5.41, 5.74) is -0.957. The standard InChI is InChI=1S/C14H20FNO2/c1-9-6-10(8-11(15)7-9)12(17)16-13(2,3)14(4,5)18/h6-8,18H,1-5H3,(H,16,17). The molecule has 0 bridgehead atoms. The second-order valence-corrected chi connectivity index (χ2v) is 5.66. The van der Waals surface area contributed by atoms with Crippen LogP contribution in [0.15, 0.2) is 18.2 Å². The second kappa shape index (κ2) is 4.69. The van der Waals surface area contributed by atoms with E-state index in [4.69, 9.17) is 0 Å². The topological polar surface area (TPSA) is 49.3 Å². The number of hydrogen-bond acceptors (Lipinski definition) is 2. The van der Waals surface area contributed by atoms with Crippen LogP contribution in [-0.2, 0) is 0 Å². The number of carbonyl (C=O) groups excluding carboxylic acids is 1. The molecule has 1 aromatic rings. The van der Waals surface area contributed by atoms with Gasteiger partial charge in [0.2, 0.25) is 0 Å². The van der Waals surface area contributed by atoms with Gasteiger partial charge in [0.05, 0.1) is 11.1 Å². The average Bonchev–Trinajstić information content (AvgIpc) is 2.13. The Labute approximate surface area is 107 Å². The summed E-state index contributed by atoms with van der Waals surface area (Å²) in [7, 11) is 0. The van der Waals surface area contributed by atoms with E-state index in [1.807, 2.05) is 0 Å². The maximum absolute atomic E-state index is 13.2. The summed E-state index contributed by atoms with van der Waals surface area (Å²) in [4.78, 5) is 12.0. The van der Waals surface area contributed by atoms with Gasteiger partial charge in [0, 0.05) is 5.56 Å². The van der Waals surface area contributed by atoms with E-state index in [9.17, 15) is 14.3 Å². The molecule has 18 heavy (non-hydrogen) atoms. The number of carbonyl (C=O) groups is 1. The summed E-state index contributed by atoms with van der Waals surface area (Å²) >= 11 is 0. The third kappa shape index (κ3) is 3.29. The highest BCUT2D eigenvalue weighted by Crippen LogP contribution is 2.21. The molecule has 1 amide bonds. The second-order valence-electron chi connectivity index (χ2n) is 5.66. The summed E-state index contributed by atoms with van der Waals surface area (Å²) in [6.07, 6.45) is 0. The minimum atomic E-state index is -1.08. The molecule has 100 valence electrons. The highest BCUT2D eigenvalue weighted by atomic mass is 19.1. The highest BCUT2D eigenvalue weighted by Gasteiger charge is 2.36. The molecule has 1 rings (SSSR count). The summed E-state index contributed by atoms with van der Waals surface area (Å²) in [6.45, 7) is 8.39. The van der Waals surface area contributed by atoms with Crippen LogP contribution in [0.25, 0.3) is 0 Å². The monoisotopic (exact) mass is 253 g/mol. The predicted molar refractivity (Wildman–Crippen MR) is 69.0 cm³/mol. The summed E-state index contributed by atoms with van der Waals surface area (Å²) in [6, 6.07) is 4.15. The molecular weight excluding hydrogens is 233 g/mol. The molecule has 2 N–H and O–H groups in total. The van der Waals surface area contributed by atoms with Crippen molar-refractivity contribution in [2.75, 3.05) is 0 Å². The van der Waals surface area contributed by atoms with Crippen molar-refractivity contribution in [1.29, 1.82) is 0 Å². The first-order valence-electron chi connectivity index (χ1n) is 5.85. The third-order valence-electron chi connectivity index (χ3n) is 3.26. The Morgan fingerprint density at radius 2 is 1.78 bits per heavy atom. The first-order valence-corrected chi connectivity index (χ1v) is 5.85. The van der Waals surface area contributed by atoms with Crippen molar-refractivity contribution in [3.63, 3.8) is 0 Å². The zero-order valence-electron chi connectivity index (χ0n) is 11.5. The van der Waals surface area contributed by atoms with Crippen molar-refractivity contribution < 1.29 is 14.3 Å². The van der Waals surface area contributed by atoms with Crippen molar-refractivity contribution >= 4 is 5.91 Å². The number of nitrogens with one attached hydrogen (secondary N) is 1. The van der Waals surface area contributed by atoms with Crippen LogP contribution in [0.4, 0.5) is 4.39 Å². The van der Waals surface area contributed by atoms with E-state index in [0.717, 1.165) is 0 Å². The largest absolute Gasteiger partial charge is 0.388 e. The Balaban J connectivity index is 2.96. The molecule has 4 heteroatoms. The van der Waals surface area contributed by atoms with E-state index in [2.05, 4.69) is 5.32 Å². The van der Waals surface area contributed by atoms with Gasteiger partial charge in [-0.2, -0.15) is 0 Å². The minimum absolute atomic E-state index is 0.254. The van der Waals surface area contributed by atoms with Gasteiger partial charge in [-0.1, -0.05) is 0 Å². The number of aryl methyl sites for hydroxylation is 1. The lowest BCUT2D eigenvalue weighted by atomic mass is 9.85. The van der Waals surface area contributed by atoms with Gasteiger partial charge in [0.25, 0.3) is 5.91 Å². The third-order valence-corrected chi connectivity index (χ3v) is 3.26. The quantitative estimate of drug-likeness (QED) is 0.869. The first kappa shape index (κ1) is 14.6. The molecule has 0 fully saturated rings. The fourth-order valence-corrected chi connectivity index (χ4v) is 1.38. The van der Waals surface area contributed by atoms with Gasteiger partial charge in [-0.05, 0) is 58.4 Å². The minimum Gasteiger partial charge on any atom is -0.388 e. The van der Waals surface area contributed by atoms with Crippen molar-refractivity contribution in [2.45, 2.75) is 45.8 Å². The SMILES string of the molecule is Cc1cc(F)cc(C(=O)NC(C)(C)C(C)(C)O)c1. The Morgan fingerprint density at radius 1 is 1.22 bits per heavy atom. The average molecular weight is 253 g/mol. The Bertz CT molecular complexity index is 441. The predicted octanol–water partition coefficient (Wildman–Crippen LogP) is 2.41. The molecular formula is C14H20FNO2. The molecule has 0 aliphatic rings. The lowest BCUT2D eigenvalue weighted by Crippen LogP contribution is -2.57. The number of rotatable bonds is 3. The molecule has 0 saturated heterocycles. The zero-order valence-corrected chi connectivity index (χ0v) is 11.5. The van der Waals surface area contributed by atoms with E-state index in [-0.39, 0.29) is 5.56 Å². The van der Waals surface area contributed by atoms with Crippen LogP contribution < -0.4 is 5.32 Å². The zero-order chi connectivity index (χ0) is 14.1. The molecule has 0 heterocycles. The fraction of sp³-hybridized carbons (Fsp3) is 0.500. The Hall–Kier alpha value is -1.42. The van der Waals surface area contributed by atoms with E-state index in [1.54, 1.807) is 40.7 Å².